The molecule has 0 aromatic rings. The van der Waals surface area contributed by atoms with Crippen molar-refractivity contribution in [2.45, 2.75) is 137 Å². The number of hydrogen-bond donors (Lipinski definition) is 4. The summed E-state index contributed by atoms with van der Waals surface area (Å²) in [5.41, 5.74) is 2.47. The largest absolute Gasteiger partial charge is 0.393 e. The Hall–Kier alpha value is -0.420. The molecule has 4 heteroatoms. The van der Waals surface area contributed by atoms with Crippen LogP contribution in [-0.4, -0.2) is 44.3 Å². The topological polar surface area (TPSA) is 80.9 Å². The first kappa shape index (κ1) is 26.6. The van der Waals surface area contributed by atoms with Crippen molar-refractivity contribution in [2.75, 3.05) is 0 Å². The van der Waals surface area contributed by atoms with Gasteiger partial charge in [0.05, 0.1) is 23.9 Å². The van der Waals surface area contributed by atoms with Gasteiger partial charge < -0.3 is 20.4 Å². The molecule has 0 aromatic carbocycles. The lowest BCUT2D eigenvalue weighted by atomic mass is 9.43. The molecule has 4 nitrogen and oxygen atoms in total. The molecular formula is C30H52O4. The summed E-state index contributed by atoms with van der Waals surface area (Å²) in [5, 5.41) is 43.0. The van der Waals surface area contributed by atoms with Crippen LogP contribution >= 0.6 is 0 Å². The van der Waals surface area contributed by atoms with E-state index in [1.54, 1.807) is 11.1 Å². The number of aliphatic hydroxyl groups is 4. The molecule has 34 heavy (non-hydrogen) atoms. The summed E-state index contributed by atoms with van der Waals surface area (Å²) in [7, 11) is 0. The van der Waals surface area contributed by atoms with Crippen LogP contribution in [0.5, 0.6) is 0 Å². The highest BCUT2D eigenvalue weighted by Gasteiger charge is 2.64. The summed E-state index contributed by atoms with van der Waals surface area (Å²) < 4.78 is 0. The predicted octanol–water partition coefficient (Wildman–Crippen LogP) is 5.62. The number of hydrogen-bond acceptors (Lipinski definition) is 4. The zero-order valence-corrected chi connectivity index (χ0v) is 23.1. The van der Waals surface area contributed by atoms with Gasteiger partial charge in [-0.3, -0.25) is 0 Å². The molecule has 4 N–H and O–H groups in total. The molecule has 0 aliphatic heterocycles. The molecule has 0 amide bonds. The van der Waals surface area contributed by atoms with Crippen LogP contribution in [0.25, 0.3) is 0 Å². The first-order valence-corrected chi connectivity index (χ1v) is 14.0. The third-order valence-electron chi connectivity index (χ3n) is 12.1. The minimum atomic E-state index is -0.737. The van der Waals surface area contributed by atoms with Crippen molar-refractivity contribution in [1.82, 2.24) is 0 Å². The highest BCUT2D eigenvalue weighted by atomic mass is 16.3. The van der Waals surface area contributed by atoms with Gasteiger partial charge in [-0.1, -0.05) is 52.7 Å². The lowest BCUT2D eigenvalue weighted by molar-refractivity contribution is -0.158. The maximum atomic E-state index is 11.1. The number of aliphatic hydroxyl groups excluding tert-OH is 3. The summed E-state index contributed by atoms with van der Waals surface area (Å²) in [5.74, 6) is 1.09. The summed E-state index contributed by atoms with van der Waals surface area (Å²) in [6.07, 6.45) is 6.98. The Kier molecular flexibility index (Phi) is 6.50. The average molecular weight is 477 g/mol. The SMILES string of the molecule is C[C@H](C(O)CCC(C)(C)O)C1CC[C@@]2(C)C3=C(CC[C@]12C)[C@@]1(C)C[C@@H](O)[C@H](O)C(C)(C)C1CC3. The first-order valence-electron chi connectivity index (χ1n) is 14.0. The normalized spacial score (nSPS) is 45.9. The highest BCUT2D eigenvalue weighted by molar-refractivity contribution is 5.39. The summed E-state index contributed by atoms with van der Waals surface area (Å²) in [4.78, 5) is 0. The molecule has 0 spiro atoms. The second-order valence-corrected chi connectivity index (χ2v) is 14.7. The van der Waals surface area contributed by atoms with Gasteiger partial charge in [-0.25, -0.2) is 0 Å². The fraction of sp³-hybridized carbons (Fsp3) is 0.933. The van der Waals surface area contributed by atoms with Gasteiger partial charge in [0, 0.05) is 0 Å². The summed E-state index contributed by atoms with van der Waals surface area (Å²) >= 11 is 0. The van der Waals surface area contributed by atoms with Crippen molar-refractivity contribution >= 4 is 0 Å². The Bertz CT molecular complexity index is 824. The van der Waals surface area contributed by atoms with E-state index in [9.17, 15) is 20.4 Å². The van der Waals surface area contributed by atoms with Crippen molar-refractivity contribution in [1.29, 1.82) is 0 Å². The van der Waals surface area contributed by atoms with Crippen LogP contribution < -0.4 is 0 Å². The van der Waals surface area contributed by atoms with Gasteiger partial charge in [-0.2, -0.15) is 0 Å². The summed E-state index contributed by atoms with van der Waals surface area (Å²) in [6.45, 7) is 17.6. The Morgan fingerprint density at radius 2 is 1.62 bits per heavy atom. The molecule has 0 saturated heterocycles. The number of allylic oxidation sites excluding steroid dienone is 2. The molecule has 2 fully saturated rings. The molecule has 0 aromatic heterocycles. The van der Waals surface area contributed by atoms with Crippen LogP contribution in [0.3, 0.4) is 0 Å². The molecule has 4 rings (SSSR count). The lowest BCUT2D eigenvalue weighted by Crippen LogP contribution is -2.59. The number of rotatable bonds is 5. The van der Waals surface area contributed by atoms with Gasteiger partial charge in [-0.05, 0) is 111 Å². The van der Waals surface area contributed by atoms with E-state index in [2.05, 4.69) is 41.5 Å². The van der Waals surface area contributed by atoms with Crippen LogP contribution in [0.2, 0.25) is 0 Å². The molecule has 0 radical (unpaired) electrons. The molecule has 4 aliphatic rings. The molecule has 0 bridgehead atoms. The smallest absolute Gasteiger partial charge is 0.0853 e. The van der Waals surface area contributed by atoms with Crippen LogP contribution in [0.1, 0.15) is 113 Å². The van der Waals surface area contributed by atoms with E-state index in [-0.39, 0.29) is 33.7 Å². The van der Waals surface area contributed by atoms with E-state index in [1.165, 1.54) is 6.42 Å². The fourth-order valence-electron chi connectivity index (χ4n) is 9.74. The quantitative estimate of drug-likeness (QED) is 0.389. The Morgan fingerprint density at radius 3 is 2.24 bits per heavy atom. The zero-order chi connectivity index (χ0) is 25.5. The van der Waals surface area contributed by atoms with E-state index >= 15 is 0 Å². The van der Waals surface area contributed by atoms with Gasteiger partial charge in [0.25, 0.3) is 0 Å². The molecule has 3 unspecified atom stereocenters. The van der Waals surface area contributed by atoms with Crippen LogP contribution in [0.4, 0.5) is 0 Å². The van der Waals surface area contributed by atoms with Gasteiger partial charge >= 0.3 is 0 Å². The lowest BCUT2D eigenvalue weighted by Gasteiger charge is -2.63. The van der Waals surface area contributed by atoms with Crippen LogP contribution in [0, 0.1) is 39.4 Å². The van der Waals surface area contributed by atoms with Crippen molar-refractivity contribution in [2.24, 2.45) is 39.4 Å². The predicted molar refractivity (Wildman–Crippen MR) is 137 cm³/mol. The number of fused-ring (bicyclic) bond motifs is 4. The molecule has 2 saturated carbocycles. The van der Waals surface area contributed by atoms with Crippen molar-refractivity contribution in [3.63, 3.8) is 0 Å². The zero-order valence-electron chi connectivity index (χ0n) is 23.1. The third-order valence-corrected chi connectivity index (χ3v) is 12.1. The van der Waals surface area contributed by atoms with E-state index < -0.39 is 17.8 Å². The van der Waals surface area contributed by atoms with E-state index in [0.29, 0.717) is 31.1 Å². The van der Waals surface area contributed by atoms with Gasteiger partial charge in [0.1, 0.15) is 0 Å². The Labute approximate surface area is 208 Å². The average Bonchev–Trinajstić information content (AvgIpc) is 3.00. The third kappa shape index (κ3) is 3.76. The minimum absolute atomic E-state index is 0.0456. The molecule has 0 heterocycles. The van der Waals surface area contributed by atoms with Crippen molar-refractivity contribution < 1.29 is 20.4 Å². The van der Waals surface area contributed by atoms with Crippen molar-refractivity contribution in [3.05, 3.63) is 11.1 Å². The monoisotopic (exact) mass is 476 g/mol. The van der Waals surface area contributed by atoms with Gasteiger partial charge in [-0.15, -0.1) is 0 Å². The maximum Gasteiger partial charge on any atom is 0.0853 e. The Morgan fingerprint density at radius 1 is 0.971 bits per heavy atom. The van der Waals surface area contributed by atoms with Gasteiger partial charge in [0.2, 0.25) is 0 Å². The Balaban J connectivity index is 1.65. The standard InChI is InChI=1S/C30H52O4/c1-18(22(31)13-14-26(2,3)34)19-11-15-30(8)21-9-10-24-27(4,5)25(33)23(32)17-28(24,6)20(21)12-16-29(19,30)7/h18-19,22-25,31-34H,9-17H2,1-8H3/t18-,19?,22?,23+,24?,25-,28+,29+,30-/m0/s1. The highest BCUT2D eigenvalue weighted by Crippen LogP contribution is 2.72. The second-order valence-electron chi connectivity index (χ2n) is 14.7. The molecule has 196 valence electrons. The maximum absolute atomic E-state index is 11.1. The van der Waals surface area contributed by atoms with E-state index in [0.717, 1.165) is 32.1 Å². The fourth-order valence-corrected chi connectivity index (χ4v) is 9.74. The second kappa shape index (κ2) is 8.30. The van der Waals surface area contributed by atoms with Crippen molar-refractivity contribution in [3.8, 4) is 0 Å². The summed E-state index contributed by atoms with van der Waals surface area (Å²) in [6, 6.07) is 0. The van der Waals surface area contributed by atoms with Crippen LogP contribution in [0.15, 0.2) is 11.1 Å². The van der Waals surface area contributed by atoms with Gasteiger partial charge in [0.15, 0.2) is 0 Å². The first-order chi connectivity index (χ1) is 15.5. The molecular weight excluding hydrogens is 424 g/mol. The minimum Gasteiger partial charge on any atom is -0.393 e. The van der Waals surface area contributed by atoms with E-state index in [1.807, 2.05) is 13.8 Å². The molecule has 9 atom stereocenters. The van der Waals surface area contributed by atoms with E-state index in [4.69, 9.17) is 0 Å². The molecule has 4 aliphatic carbocycles. The van der Waals surface area contributed by atoms with Crippen LogP contribution in [-0.2, 0) is 0 Å².